The number of ether oxygens (including phenoxy) is 1. The van der Waals surface area contributed by atoms with E-state index >= 15 is 0 Å². The van der Waals surface area contributed by atoms with Crippen LogP contribution in [0.4, 0.5) is 0 Å². The second-order valence-electron chi connectivity index (χ2n) is 5.23. The molecule has 0 amide bonds. The fourth-order valence-electron chi connectivity index (χ4n) is 1.86. The summed E-state index contributed by atoms with van der Waals surface area (Å²) in [5, 5.41) is 7.88. The summed E-state index contributed by atoms with van der Waals surface area (Å²) < 4.78 is 7.41. The molecule has 0 saturated heterocycles. The fraction of sp³-hybridized carbons (Fsp3) is 0.438. The van der Waals surface area contributed by atoms with Crippen LogP contribution in [0.5, 0.6) is 0 Å². The van der Waals surface area contributed by atoms with Gasteiger partial charge in [-0.3, -0.25) is 0 Å². The van der Waals surface area contributed by atoms with E-state index in [9.17, 15) is 0 Å². The van der Waals surface area contributed by atoms with E-state index in [2.05, 4.69) is 24.3 Å². The Balaban J connectivity index is 1.71. The van der Waals surface area contributed by atoms with E-state index in [0.717, 1.165) is 37.7 Å². The molecule has 1 N–H and O–H groups in total. The molecule has 0 aliphatic heterocycles. The maximum atomic E-state index is 5.52. The molecule has 1 heterocycles. The largest absolute Gasteiger partial charge is 0.380 e. The normalized spacial score (nSPS) is 11.2. The molecule has 4 heteroatoms. The van der Waals surface area contributed by atoms with Crippen LogP contribution in [-0.4, -0.2) is 29.5 Å². The molecule has 2 rings (SSSR count). The summed E-state index contributed by atoms with van der Waals surface area (Å²) in [6.45, 7) is 7.50. The Morgan fingerprint density at radius 2 is 2.00 bits per heavy atom. The Bertz CT molecular complexity index is 493. The van der Waals surface area contributed by atoms with E-state index in [1.165, 1.54) is 0 Å². The number of nitrogens with one attached hydrogen (secondary N) is 1. The Labute approximate surface area is 120 Å². The molecule has 2 aromatic rings. The molecule has 0 saturated carbocycles. The molecule has 0 spiro atoms. The molecule has 0 aliphatic carbocycles. The second kappa shape index (κ2) is 7.82. The minimum atomic E-state index is 0.594. The van der Waals surface area contributed by atoms with Crippen molar-refractivity contribution >= 4 is 0 Å². The molecule has 0 aliphatic rings. The lowest BCUT2D eigenvalue weighted by Crippen LogP contribution is -2.20. The van der Waals surface area contributed by atoms with E-state index in [0.29, 0.717) is 5.92 Å². The topological polar surface area (TPSA) is 39.1 Å². The average molecular weight is 273 g/mol. The van der Waals surface area contributed by atoms with Crippen molar-refractivity contribution in [3.63, 3.8) is 0 Å². The smallest absolute Gasteiger partial charge is 0.0766 e. The van der Waals surface area contributed by atoms with Crippen LogP contribution in [0.3, 0.4) is 0 Å². The summed E-state index contributed by atoms with van der Waals surface area (Å²) in [6.07, 6.45) is 1.99. The van der Waals surface area contributed by atoms with Gasteiger partial charge >= 0.3 is 0 Å². The van der Waals surface area contributed by atoms with E-state index in [1.807, 2.05) is 47.3 Å². The zero-order chi connectivity index (χ0) is 14.2. The predicted octanol–water partition coefficient (Wildman–Crippen LogP) is 2.63. The van der Waals surface area contributed by atoms with Gasteiger partial charge in [0.2, 0.25) is 0 Å². The summed E-state index contributed by atoms with van der Waals surface area (Å²) in [6, 6.07) is 12.2. The highest BCUT2D eigenvalue weighted by Gasteiger charge is 2.00. The quantitative estimate of drug-likeness (QED) is 0.752. The van der Waals surface area contributed by atoms with Gasteiger partial charge in [-0.15, -0.1) is 0 Å². The van der Waals surface area contributed by atoms with Gasteiger partial charge in [0, 0.05) is 25.9 Å². The first-order valence-corrected chi connectivity index (χ1v) is 7.14. The van der Waals surface area contributed by atoms with Crippen LogP contribution in [0.2, 0.25) is 0 Å². The van der Waals surface area contributed by atoms with Gasteiger partial charge in [0.15, 0.2) is 0 Å². The molecular weight excluding hydrogens is 250 g/mol. The number of para-hydroxylation sites is 1. The summed E-state index contributed by atoms with van der Waals surface area (Å²) in [4.78, 5) is 0. The molecule has 0 radical (unpaired) electrons. The molecule has 0 unspecified atom stereocenters. The summed E-state index contributed by atoms with van der Waals surface area (Å²) >= 11 is 0. The lowest BCUT2D eigenvalue weighted by Gasteiger charge is -2.07. The van der Waals surface area contributed by atoms with Crippen molar-refractivity contribution < 1.29 is 4.74 Å². The zero-order valence-corrected chi connectivity index (χ0v) is 12.2. The first kappa shape index (κ1) is 14.8. The van der Waals surface area contributed by atoms with Gasteiger partial charge in [0.25, 0.3) is 0 Å². The van der Waals surface area contributed by atoms with Gasteiger partial charge in [-0.05, 0) is 24.1 Å². The summed E-state index contributed by atoms with van der Waals surface area (Å²) in [5.41, 5.74) is 2.12. The zero-order valence-electron chi connectivity index (χ0n) is 12.2. The van der Waals surface area contributed by atoms with Crippen molar-refractivity contribution in [2.75, 3.05) is 19.8 Å². The average Bonchev–Trinajstić information content (AvgIpc) is 2.92. The van der Waals surface area contributed by atoms with Gasteiger partial charge in [-0.2, -0.15) is 5.10 Å². The van der Waals surface area contributed by atoms with Crippen molar-refractivity contribution in [3.05, 3.63) is 48.3 Å². The number of hydrogen-bond acceptors (Lipinski definition) is 3. The van der Waals surface area contributed by atoms with E-state index in [1.54, 1.807) is 0 Å². The highest BCUT2D eigenvalue weighted by Crippen LogP contribution is 2.06. The van der Waals surface area contributed by atoms with Crippen molar-refractivity contribution in [2.24, 2.45) is 5.92 Å². The number of benzene rings is 1. The molecule has 108 valence electrons. The summed E-state index contributed by atoms with van der Waals surface area (Å²) in [5.74, 6) is 0.594. The second-order valence-corrected chi connectivity index (χ2v) is 5.23. The standard InChI is InChI=1S/C16H23N3O/c1-14(2)13-20-11-9-17-12-15-8-10-19(18-15)16-6-4-3-5-7-16/h3-8,10,14,17H,9,11-13H2,1-2H3. The third kappa shape index (κ3) is 4.79. The lowest BCUT2D eigenvalue weighted by atomic mass is 10.2. The molecule has 20 heavy (non-hydrogen) atoms. The number of hydrogen-bond donors (Lipinski definition) is 1. The monoisotopic (exact) mass is 273 g/mol. The Morgan fingerprint density at radius 3 is 2.75 bits per heavy atom. The van der Waals surface area contributed by atoms with Crippen molar-refractivity contribution in [1.29, 1.82) is 0 Å². The number of nitrogens with zero attached hydrogens (tertiary/aromatic N) is 2. The Hall–Kier alpha value is -1.65. The van der Waals surface area contributed by atoms with Crippen LogP contribution in [0, 0.1) is 5.92 Å². The van der Waals surface area contributed by atoms with Gasteiger partial charge in [-0.1, -0.05) is 32.0 Å². The van der Waals surface area contributed by atoms with E-state index in [-0.39, 0.29) is 0 Å². The van der Waals surface area contributed by atoms with Gasteiger partial charge in [0.05, 0.1) is 18.0 Å². The molecule has 1 aromatic carbocycles. The van der Waals surface area contributed by atoms with Gasteiger partial charge < -0.3 is 10.1 Å². The van der Waals surface area contributed by atoms with Crippen LogP contribution in [-0.2, 0) is 11.3 Å². The van der Waals surface area contributed by atoms with Crippen LogP contribution in [0.25, 0.3) is 5.69 Å². The van der Waals surface area contributed by atoms with Crippen LogP contribution < -0.4 is 5.32 Å². The summed E-state index contributed by atoms with van der Waals surface area (Å²) in [7, 11) is 0. The first-order chi connectivity index (χ1) is 9.75. The first-order valence-electron chi connectivity index (χ1n) is 7.14. The molecule has 0 bridgehead atoms. The molecule has 0 fully saturated rings. The highest BCUT2D eigenvalue weighted by molar-refractivity contribution is 5.30. The highest BCUT2D eigenvalue weighted by atomic mass is 16.5. The van der Waals surface area contributed by atoms with Crippen molar-refractivity contribution in [1.82, 2.24) is 15.1 Å². The Kier molecular flexibility index (Phi) is 5.77. The minimum Gasteiger partial charge on any atom is -0.380 e. The van der Waals surface area contributed by atoms with E-state index in [4.69, 9.17) is 4.74 Å². The van der Waals surface area contributed by atoms with Crippen LogP contribution in [0.1, 0.15) is 19.5 Å². The van der Waals surface area contributed by atoms with Crippen LogP contribution >= 0.6 is 0 Å². The fourth-order valence-corrected chi connectivity index (χ4v) is 1.86. The number of rotatable bonds is 8. The molecule has 4 nitrogen and oxygen atoms in total. The molecule has 1 aromatic heterocycles. The lowest BCUT2D eigenvalue weighted by molar-refractivity contribution is 0.111. The SMILES string of the molecule is CC(C)COCCNCc1ccn(-c2ccccc2)n1. The van der Waals surface area contributed by atoms with E-state index < -0.39 is 0 Å². The predicted molar refractivity (Wildman–Crippen MR) is 80.9 cm³/mol. The minimum absolute atomic E-state index is 0.594. The van der Waals surface area contributed by atoms with Crippen molar-refractivity contribution in [3.8, 4) is 5.69 Å². The number of aromatic nitrogens is 2. The van der Waals surface area contributed by atoms with Gasteiger partial charge in [-0.25, -0.2) is 4.68 Å². The maximum absolute atomic E-state index is 5.52. The van der Waals surface area contributed by atoms with Crippen LogP contribution in [0.15, 0.2) is 42.6 Å². The third-order valence-electron chi connectivity index (χ3n) is 2.85. The van der Waals surface area contributed by atoms with Crippen molar-refractivity contribution in [2.45, 2.75) is 20.4 Å². The third-order valence-corrected chi connectivity index (χ3v) is 2.85. The Morgan fingerprint density at radius 1 is 1.20 bits per heavy atom. The van der Waals surface area contributed by atoms with Gasteiger partial charge in [0.1, 0.15) is 0 Å². The maximum Gasteiger partial charge on any atom is 0.0766 e. The molecule has 0 atom stereocenters. The molecular formula is C16H23N3O.